The number of hydrogen-bond donors (Lipinski definition) is 2. The van der Waals surface area contributed by atoms with Gasteiger partial charge in [-0.2, -0.15) is 26.3 Å². The van der Waals surface area contributed by atoms with Gasteiger partial charge in [-0.1, -0.05) is 0 Å². The van der Waals surface area contributed by atoms with E-state index in [1.54, 1.807) is 19.0 Å². The molecule has 1 unspecified atom stereocenters. The molecule has 8 nitrogen and oxygen atoms in total. The van der Waals surface area contributed by atoms with E-state index in [1.165, 1.54) is 0 Å². The van der Waals surface area contributed by atoms with Crippen molar-refractivity contribution in [3.05, 3.63) is 58.9 Å². The molecule has 1 aliphatic heterocycles. The van der Waals surface area contributed by atoms with E-state index in [1.807, 2.05) is 0 Å². The molecule has 1 aliphatic rings. The number of benzene rings is 2. The number of aliphatic hydroxyl groups excluding tert-OH is 1. The van der Waals surface area contributed by atoms with E-state index in [9.17, 15) is 50.5 Å². The van der Waals surface area contributed by atoms with Gasteiger partial charge in [-0.05, 0) is 50.5 Å². The summed E-state index contributed by atoms with van der Waals surface area (Å²) in [6, 6.07) is 2.97. The quantitative estimate of drug-likeness (QED) is 0.452. The van der Waals surface area contributed by atoms with Crippen LogP contribution in [-0.2, 0) is 18.9 Å². The summed E-state index contributed by atoms with van der Waals surface area (Å²) in [6.45, 7) is -1.62. The van der Waals surface area contributed by atoms with Crippen LogP contribution in [0.2, 0.25) is 0 Å². The molecule has 2 N–H and O–H groups in total. The van der Waals surface area contributed by atoms with Crippen molar-refractivity contribution in [1.82, 2.24) is 9.80 Å². The molecule has 1 atom stereocenters. The molecule has 1 saturated heterocycles. The van der Waals surface area contributed by atoms with Crippen molar-refractivity contribution >= 4 is 23.5 Å². The van der Waals surface area contributed by atoms with Gasteiger partial charge < -0.3 is 20.0 Å². The average molecular weight is 566 g/mol. The zero-order valence-electron chi connectivity index (χ0n) is 20.7. The van der Waals surface area contributed by atoms with Gasteiger partial charge in [0.2, 0.25) is 0 Å². The average Bonchev–Trinajstić information content (AvgIpc) is 3.15. The lowest BCUT2D eigenvalue weighted by molar-refractivity contribution is -0.143. The molecule has 1 fully saturated rings. The normalized spacial score (nSPS) is 15.3. The fourth-order valence-electron chi connectivity index (χ4n) is 4.24. The predicted molar refractivity (Wildman–Crippen MR) is 126 cm³/mol. The molecule has 0 spiro atoms. The maximum absolute atomic E-state index is 14.1. The molecule has 214 valence electrons. The van der Waals surface area contributed by atoms with Gasteiger partial charge in [0, 0.05) is 37.4 Å². The number of amides is 3. The van der Waals surface area contributed by atoms with Crippen LogP contribution in [0.25, 0.3) is 0 Å². The van der Waals surface area contributed by atoms with Gasteiger partial charge in [-0.15, -0.1) is 0 Å². The summed E-state index contributed by atoms with van der Waals surface area (Å²) in [5.41, 5.74) is -5.38. The number of anilines is 2. The maximum atomic E-state index is 14.1. The Kier molecular flexibility index (Phi) is 8.65. The van der Waals surface area contributed by atoms with Crippen molar-refractivity contribution in [2.75, 3.05) is 50.1 Å². The number of carbonyl (C=O) groups is 2. The summed E-state index contributed by atoms with van der Waals surface area (Å²) in [7, 11) is 3.31. The van der Waals surface area contributed by atoms with Crippen LogP contribution in [0.1, 0.15) is 16.7 Å². The van der Waals surface area contributed by atoms with Crippen molar-refractivity contribution in [2.45, 2.75) is 25.0 Å². The monoisotopic (exact) mass is 566 g/mol. The Bertz CT molecular complexity index is 1200. The van der Waals surface area contributed by atoms with Crippen molar-refractivity contribution in [2.24, 2.45) is 0 Å². The Balaban J connectivity index is 2.15. The summed E-state index contributed by atoms with van der Waals surface area (Å²) >= 11 is 0. The zero-order chi connectivity index (χ0) is 29.3. The van der Waals surface area contributed by atoms with Gasteiger partial charge in [0.05, 0.1) is 29.5 Å². The smallest absolute Gasteiger partial charge is 0.416 e. The van der Waals surface area contributed by atoms with Gasteiger partial charge in [-0.3, -0.25) is 9.80 Å². The van der Waals surface area contributed by atoms with Crippen LogP contribution in [0.3, 0.4) is 0 Å². The number of halogens is 7. The molecule has 2 aromatic rings. The van der Waals surface area contributed by atoms with Crippen LogP contribution in [0.5, 0.6) is 0 Å². The van der Waals surface area contributed by atoms with Crippen LogP contribution in [0.15, 0.2) is 36.4 Å². The second-order valence-electron chi connectivity index (χ2n) is 9.16. The molecule has 0 radical (unpaired) electrons. The number of β-amino-alcohol motifs (C(OH)–C–C–N with tert-alkyl or cyclic N) is 1. The first-order chi connectivity index (χ1) is 18.0. The highest BCUT2D eigenvalue weighted by atomic mass is 19.4. The molecule has 39 heavy (non-hydrogen) atoms. The predicted octanol–water partition coefficient (Wildman–Crippen LogP) is 4.71. The number of aliphatic hydroxyl groups is 1. The van der Waals surface area contributed by atoms with E-state index in [0.717, 1.165) is 29.2 Å². The van der Waals surface area contributed by atoms with Gasteiger partial charge in [0.15, 0.2) is 0 Å². The van der Waals surface area contributed by atoms with Crippen molar-refractivity contribution in [1.29, 1.82) is 0 Å². The van der Waals surface area contributed by atoms with Crippen LogP contribution in [-0.4, -0.2) is 78.5 Å². The molecule has 0 bridgehead atoms. The summed E-state index contributed by atoms with van der Waals surface area (Å²) in [6.07, 6.45) is -13.4. The Morgan fingerprint density at radius 1 is 1.03 bits per heavy atom. The van der Waals surface area contributed by atoms with E-state index in [-0.39, 0.29) is 37.9 Å². The lowest BCUT2D eigenvalue weighted by Gasteiger charge is -2.28. The number of hydrogen-bond acceptors (Lipinski definition) is 4. The standard InChI is InChI=1S/C24H25F7N4O4/c1-32(2)11-17(36)12-33-7-8-34(21(33)37)20-10-14(23(26,27)28)9-19(24(29,30)31)18(20)13-35(22(38)39)16-5-3-15(25)4-6-16/h3-6,9-10,17,36H,7-8,11-13H2,1-2H3,(H,38,39). The van der Waals surface area contributed by atoms with Crippen molar-refractivity contribution in [3.8, 4) is 0 Å². The minimum absolute atomic E-state index is 0.110. The molecule has 2 aromatic carbocycles. The number of rotatable bonds is 8. The molecule has 0 saturated carbocycles. The van der Waals surface area contributed by atoms with E-state index in [2.05, 4.69) is 0 Å². The molecular weight excluding hydrogens is 541 g/mol. The molecule has 3 rings (SSSR count). The molecule has 0 aromatic heterocycles. The SMILES string of the molecule is CN(C)CC(O)CN1CCN(c2cc(C(F)(F)F)cc(C(F)(F)F)c2CN(C(=O)O)c2ccc(F)cc2)C1=O. The summed E-state index contributed by atoms with van der Waals surface area (Å²) < 4.78 is 96.7. The summed E-state index contributed by atoms with van der Waals surface area (Å²) in [5, 5.41) is 19.9. The van der Waals surface area contributed by atoms with Crippen molar-refractivity contribution < 1.29 is 50.5 Å². The van der Waals surface area contributed by atoms with Crippen LogP contribution in [0.4, 0.5) is 51.7 Å². The number of carbonyl (C=O) groups excluding carboxylic acids is 1. The Labute approximate surface area is 218 Å². The topological polar surface area (TPSA) is 87.6 Å². The van der Waals surface area contributed by atoms with E-state index < -0.39 is 65.3 Å². The lowest BCUT2D eigenvalue weighted by atomic mass is 9.98. The number of urea groups is 1. The minimum Gasteiger partial charge on any atom is -0.465 e. The van der Waals surface area contributed by atoms with Gasteiger partial charge in [-0.25, -0.2) is 14.0 Å². The Morgan fingerprint density at radius 2 is 1.64 bits per heavy atom. The van der Waals surface area contributed by atoms with Crippen LogP contribution < -0.4 is 9.80 Å². The molecular formula is C24H25F7N4O4. The first-order valence-electron chi connectivity index (χ1n) is 11.5. The van der Waals surface area contributed by atoms with E-state index in [4.69, 9.17) is 0 Å². The minimum atomic E-state index is -5.36. The zero-order valence-corrected chi connectivity index (χ0v) is 20.7. The molecule has 3 amide bonds. The van der Waals surface area contributed by atoms with Crippen molar-refractivity contribution in [3.63, 3.8) is 0 Å². The highest BCUT2D eigenvalue weighted by Crippen LogP contribution is 2.43. The second kappa shape index (κ2) is 11.3. The first kappa shape index (κ1) is 30.0. The third kappa shape index (κ3) is 7.09. The number of likely N-dealkylation sites (N-methyl/N-ethyl adjacent to an activating group) is 1. The largest absolute Gasteiger partial charge is 0.465 e. The Morgan fingerprint density at radius 3 is 2.15 bits per heavy atom. The maximum Gasteiger partial charge on any atom is 0.416 e. The fraction of sp³-hybridized carbons (Fsp3) is 0.417. The van der Waals surface area contributed by atoms with Gasteiger partial charge in [0.1, 0.15) is 5.82 Å². The van der Waals surface area contributed by atoms with E-state index in [0.29, 0.717) is 15.9 Å². The molecule has 0 aliphatic carbocycles. The third-order valence-electron chi connectivity index (χ3n) is 5.94. The highest BCUT2D eigenvalue weighted by molar-refractivity contribution is 5.96. The number of nitrogens with zero attached hydrogens (tertiary/aromatic N) is 4. The lowest BCUT2D eigenvalue weighted by Crippen LogP contribution is -2.41. The fourth-order valence-corrected chi connectivity index (χ4v) is 4.24. The van der Waals surface area contributed by atoms with Crippen LogP contribution in [0, 0.1) is 5.82 Å². The van der Waals surface area contributed by atoms with Crippen LogP contribution >= 0.6 is 0 Å². The third-order valence-corrected chi connectivity index (χ3v) is 5.94. The number of carboxylic acid groups (broad SMARTS) is 1. The Hall–Kier alpha value is -3.59. The van der Waals surface area contributed by atoms with Gasteiger partial charge >= 0.3 is 24.5 Å². The number of alkyl halides is 6. The molecule has 15 heteroatoms. The summed E-state index contributed by atoms with van der Waals surface area (Å²) in [4.78, 5) is 28.9. The second-order valence-corrected chi connectivity index (χ2v) is 9.16. The molecule has 1 heterocycles. The van der Waals surface area contributed by atoms with Gasteiger partial charge in [0.25, 0.3) is 0 Å². The highest BCUT2D eigenvalue weighted by Gasteiger charge is 2.43. The van der Waals surface area contributed by atoms with E-state index >= 15 is 0 Å². The summed E-state index contributed by atoms with van der Waals surface area (Å²) in [5.74, 6) is -0.755. The first-order valence-corrected chi connectivity index (χ1v) is 11.5.